The van der Waals surface area contributed by atoms with Gasteiger partial charge in [0.05, 0.1) is 21.2 Å². The van der Waals surface area contributed by atoms with Crippen LogP contribution in [0.5, 0.6) is 0 Å². The van der Waals surface area contributed by atoms with Crippen molar-refractivity contribution < 1.29 is 9.72 Å². The van der Waals surface area contributed by atoms with Gasteiger partial charge in [-0.3, -0.25) is 19.9 Å². The number of aromatic nitrogens is 3. The first kappa shape index (κ1) is 19.7. The van der Waals surface area contributed by atoms with Gasteiger partial charge in [-0.25, -0.2) is 0 Å². The lowest BCUT2D eigenvalue weighted by Gasteiger charge is -2.35. The van der Waals surface area contributed by atoms with Crippen molar-refractivity contribution in [2.45, 2.75) is 0 Å². The molecule has 1 aromatic carbocycles. The topological polar surface area (TPSA) is 105 Å². The predicted molar refractivity (Wildman–Crippen MR) is 111 cm³/mol. The third-order valence-electron chi connectivity index (χ3n) is 4.91. The number of amides is 1. The van der Waals surface area contributed by atoms with Gasteiger partial charge in [0.2, 0.25) is 0 Å². The summed E-state index contributed by atoms with van der Waals surface area (Å²) in [5.74, 6) is 0.413. The quantitative estimate of drug-likeness (QED) is 0.468. The van der Waals surface area contributed by atoms with Crippen molar-refractivity contribution in [2.24, 2.45) is 0 Å². The molecule has 1 saturated heterocycles. The standard InChI is InChI=1S/C20H17ClN6O3/c21-17-2-1-15(27(29)30)13-16(17)20(28)26-11-9-25(10-12-26)19-4-3-18(23-24-19)14-5-7-22-8-6-14/h1-8,13H,9-12H2. The Morgan fingerprint density at radius 3 is 2.37 bits per heavy atom. The van der Waals surface area contributed by atoms with Gasteiger partial charge in [-0.05, 0) is 30.3 Å². The fraction of sp³-hybridized carbons (Fsp3) is 0.200. The molecule has 1 amide bonds. The van der Waals surface area contributed by atoms with Crippen LogP contribution < -0.4 is 4.90 Å². The molecular formula is C20H17ClN6O3. The number of non-ortho nitro benzene ring substituents is 1. The summed E-state index contributed by atoms with van der Waals surface area (Å²) in [7, 11) is 0. The molecule has 1 fully saturated rings. The highest BCUT2D eigenvalue weighted by molar-refractivity contribution is 6.33. The molecule has 152 valence electrons. The maximum atomic E-state index is 12.8. The van der Waals surface area contributed by atoms with Crippen molar-refractivity contribution in [3.8, 4) is 11.3 Å². The summed E-state index contributed by atoms with van der Waals surface area (Å²) in [6.45, 7) is 2.04. The molecule has 0 bridgehead atoms. The Hall–Kier alpha value is -3.59. The van der Waals surface area contributed by atoms with Crippen LogP contribution in [0.1, 0.15) is 10.4 Å². The smallest absolute Gasteiger partial charge is 0.270 e. The van der Waals surface area contributed by atoms with Gasteiger partial charge in [0.1, 0.15) is 0 Å². The Kier molecular flexibility index (Phi) is 5.53. The van der Waals surface area contributed by atoms with Crippen molar-refractivity contribution in [1.29, 1.82) is 0 Å². The lowest BCUT2D eigenvalue weighted by Crippen LogP contribution is -2.49. The van der Waals surface area contributed by atoms with Crippen LogP contribution in [0.4, 0.5) is 11.5 Å². The lowest BCUT2D eigenvalue weighted by atomic mass is 10.1. The molecule has 0 atom stereocenters. The van der Waals surface area contributed by atoms with E-state index in [1.165, 1.54) is 18.2 Å². The number of hydrogen-bond acceptors (Lipinski definition) is 7. The monoisotopic (exact) mass is 424 g/mol. The minimum Gasteiger partial charge on any atom is -0.352 e. The minimum absolute atomic E-state index is 0.140. The Balaban J connectivity index is 1.42. The molecule has 0 radical (unpaired) electrons. The Morgan fingerprint density at radius 2 is 1.73 bits per heavy atom. The fourth-order valence-corrected chi connectivity index (χ4v) is 3.47. The SMILES string of the molecule is O=C(c1cc([N+](=O)[O-])ccc1Cl)N1CCN(c2ccc(-c3ccncc3)nn2)CC1. The molecule has 0 saturated carbocycles. The number of pyridine rings is 1. The van der Waals surface area contributed by atoms with E-state index in [1.54, 1.807) is 17.3 Å². The summed E-state index contributed by atoms with van der Waals surface area (Å²) in [4.78, 5) is 30.9. The molecule has 0 N–H and O–H groups in total. The highest BCUT2D eigenvalue weighted by Crippen LogP contribution is 2.25. The van der Waals surface area contributed by atoms with Gasteiger partial charge in [-0.15, -0.1) is 10.2 Å². The van der Waals surface area contributed by atoms with E-state index in [0.717, 1.165) is 17.1 Å². The van der Waals surface area contributed by atoms with Crippen LogP contribution in [0.2, 0.25) is 5.02 Å². The normalized spacial score (nSPS) is 13.9. The van der Waals surface area contributed by atoms with Crippen LogP contribution in [0, 0.1) is 10.1 Å². The molecule has 3 aromatic rings. The molecule has 0 unspecified atom stereocenters. The van der Waals surface area contributed by atoms with E-state index in [-0.39, 0.29) is 22.2 Å². The van der Waals surface area contributed by atoms with Crippen LogP contribution in [-0.2, 0) is 0 Å². The number of hydrogen-bond donors (Lipinski definition) is 0. The third kappa shape index (κ3) is 4.06. The largest absolute Gasteiger partial charge is 0.352 e. The molecule has 3 heterocycles. The molecule has 0 aliphatic carbocycles. The highest BCUT2D eigenvalue weighted by atomic mass is 35.5. The fourth-order valence-electron chi connectivity index (χ4n) is 3.27. The maximum Gasteiger partial charge on any atom is 0.270 e. The molecule has 10 heteroatoms. The maximum absolute atomic E-state index is 12.8. The summed E-state index contributed by atoms with van der Waals surface area (Å²) in [5, 5.41) is 19.8. The minimum atomic E-state index is -0.542. The summed E-state index contributed by atoms with van der Waals surface area (Å²) >= 11 is 6.10. The number of carbonyl (C=O) groups is 1. The first-order valence-electron chi connectivity index (χ1n) is 9.25. The summed E-state index contributed by atoms with van der Waals surface area (Å²) in [6, 6.07) is 11.4. The van der Waals surface area contributed by atoms with Gasteiger partial charge in [0, 0.05) is 56.3 Å². The van der Waals surface area contributed by atoms with Crippen molar-refractivity contribution in [3.63, 3.8) is 0 Å². The molecule has 0 spiro atoms. The number of nitro groups is 1. The van der Waals surface area contributed by atoms with Crippen molar-refractivity contribution in [1.82, 2.24) is 20.1 Å². The van der Waals surface area contributed by atoms with Gasteiger partial charge in [-0.2, -0.15) is 0 Å². The number of benzene rings is 1. The van der Waals surface area contributed by atoms with E-state index in [2.05, 4.69) is 15.2 Å². The predicted octanol–water partition coefficient (Wildman–Crippen LogP) is 3.06. The second kappa shape index (κ2) is 8.42. The first-order chi connectivity index (χ1) is 14.5. The van der Waals surface area contributed by atoms with E-state index in [1.807, 2.05) is 29.2 Å². The molecule has 9 nitrogen and oxygen atoms in total. The number of piperazine rings is 1. The van der Waals surface area contributed by atoms with E-state index >= 15 is 0 Å². The Bertz CT molecular complexity index is 1070. The zero-order valence-electron chi connectivity index (χ0n) is 15.8. The van der Waals surface area contributed by atoms with Gasteiger partial charge in [0.25, 0.3) is 11.6 Å². The van der Waals surface area contributed by atoms with Crippen LogP contribution in [0.25, 0.3) is 11.3 Å². The summed E-state index contributed by atoms with van der Waals surface area (Å²) < 4.78 is 0. The molecule has 1 aliphatic heterocycles. The number of rotatable bonds is 4. The second-order valence-electron chi connectivity index (χ2n) is 6.71. The van der Waals surface area contributed by atoms with Crippen molar-refractivity contribution in [2.75, 3.05) is 31.1 Å². The average Bonchev–Trinajstić information content (AvgIpc) is 2.79. The van der Waals surface area contributed by atoms with Gasteiger partial charge in [-0.1, -0.05) is 11.6 Å². The highest BCUT2D eigenvalue weighted by Gasteiger charge is 2.25. The average molecular weight is 425 g/mol. The van der Waals surface area contributed by atoms with E-state index in [9.17, 15) is 14.9 Å². The molecule has 30 heavy (non-hydrogen) atoms. The number of anilines is 1. The summed E-state index contributed by atoms with van der Waals surface area (Å²) in [5.41, 5.74) is 1.68. The van der Waals surface area contributed by atoms with Crippen LogP contribution in [-0.4, -0.2) is 57.1 Å². The Morgan fingerprint density at radius 1 is 1.00 bits per heavy atom. The second-order valence-corrected chi connectivity index (χ2v) is 7.12. The molecular weight excluding hydrogens is 408 g/mol. The molecule has 4 rings (SSSR count). The first-order valence-corrected chi connectivity index (χ1v) is 9.63. The van der Waals surface area contributed by atoms with Crippen molar-refractivity contribution >= 4 is 29.0 Å². The zero-order chi connectivity index (χ0) is 21.1. The van der Waals surface area contributed by atoms with Crippen molar-refractivity contribution in [3.05, 3.63) is 75.6 Å². The molecule has 2 aromatic heterocycles. The molecule has 1 aliphatic rings. The van der Waals surface area contributed by atoms with Crippen LogP contribution in [0.15, 0.2) is 54.9 Å². The zero-order valence-corrected chi connectivity index (χ0v) is 16.6. The Labute approximate surface area is 177 Å². The van der Waals surface area contributed by atoms with Gasteiger partial charge in [0.15, 0.2) is 5.82 Å². The van der Waals surface area contributed by atoms with E-state index in [0.29, 0.717) is 26.2 Å². The van der Waals surface area contributed by atoms with Crippen LogP contribution in [0.3, 0.4) is 0 Å². The number of halogens is 1. The van der Waals surface area contributed by atoms with E-state index in [4.69, 9.17) is 11.6 Å². The number of carbonyl (C=O) groups excluding carboxylic acids is 1. The van der Waals surface area contributed by atoms with Gasteiger partial charge < -0.3 is 9.80 Å². The summed E-state index contributed by atoms with van der Waals surface area (Å²) in [6.07, 6.45) is 3.41. The third-order valence-corrected chi connectivity index (χ3v) is 5.24. The van der Waals surface area contributed by atoms with E-state index < -0.39 is 4.92 Å². The van der Waals surface area contributed by atoms with Crippen LogP contribution >= 0.6 is 11.6 Å². The lowest BCUT2D eigenvalue weighted by molar-refractivity contribution is -0.384. The number of nitro benzene ring substituents is 1. The number of nitrogens with zero attached hydrogens (tertiary/aromatic N) is 6. The van der Waals surface area contributed by atoms with Gasteiger partial charge >= 0.3 is 0 Å².